The Balaban J connectivity index is 2.57. The third-order valence-electron chi connectivity index (χ3n) is 3.57. The van der Waals surface area contributed by atoms with E-state index in [4.69, 9.17) is 5.73 Å². The molecule has 4 unspecified atom stereocenters. The molecule has 1 aliphatic carbocycles. The lowest BCUT2D eigenvalue weighted by Gasteiger charge is -2.35. The Labute approximate surface area is 96.5 Å². The fourth-order valence-corrected chi connectivity index (χ4v) is 4.14. The van der Waals surface area contributed by atoms with Crippen molar-refractivity contribution in [3.05, 3.63) is 0 Å². The molecule has 0 saturated heterocycles. The van der Waals surface area contributed by atoms with Gasteiger partial charge in [-0.1, -0.05) is 20.8 Å². The number of hydrogen-bond acceptors (Lipinski definition) is 2. The smallest absolute Gasteiger partial charge is 0.0501 e. The average molecular weight is 231 g/mol. The van der Waals surface area contributed by atoms with E-state index < -0.39 is 10.8 Å². The predicted molar refractivity (Wildman–Crippen MR) is 67.2 cm³/mol. The number of hydrogen-bond donors (Lipinski definition) is 1. The topological polar surface area (TPSA) is 43.1 Å². The molecule has 0 spiro atoms. The van der Waals surface area contributed by atoms with E-state index in [1.165, 1.54) is 6.42 Å². The highest BCUT2D eigenvalue weighted by Crippen LogP contribution is 2.32. The van der Waals surface area contributed by atoms with Crippen LogP contribution in [0, 0.1) is 11.8 Å². The summed E-state index contributed by atoms with van der Waals surface area (Å²) in [5, 5.41) is 0.256. The van der Waals surface area contributed by atoms with E-state index in [0.717, 1.165) is 30.9 Å². The molecule has 2 nitrogen and oxygen atoms in total. The van der Waals surface area contributed by atoms with Crippen LogP contribution in [0.1, 0.15) is 46.5 Å². The van der Waals surface area contributed by atoms with Gasteiger partial charge in [0.15, 0.2) is 0 Å². The summed E-state index contributed by atoms with van der Waals surface area (Å²) < 4.78 is 12.0. The molecule has 90 valence electrons. The second-order valence-corrected chi connectivity index (χ2v) is 6.88. The van der Waals surface area contributed by atoms with Crippen molar-refractivity contribution < 1.29 is 4.21 Å². The van der Waals surface area contributed by atoms with Gasteiger partial charge in [-0.3, -0.25) is 4.21 Å². The van der Waals surface area contributed by atoms with E-state index >= 15 is 0 Å². The third kappa shape index (κ3) is 3.56. The SMILES string of the molecule is CCCS(=O)C1CC(C(C)C)CCC1N. The first-order chi connectivity index (χ1) is 7.06. The van der Waals surface area contributed by atoms with Crippen molar-refractivity contribution in [2.75, 3.05) is 5.75 Å². The van der Waals surface area contributed by atoms with Gasteiger partial charge in [-0.05, 0) is 37.5 Å². The zero-order valence-corrected chi connectivity index (χ0v) is 11.1. The zero-order chi connectivity index (χ0) is 11.4. The van der Waals surface area contributed by atoms with Crippen LogP contribution in [0.25, 0.3) is 0 Å². The minimum Gasteiger partial charge on any atom is -0.327 e. The highest BCUT2D eigenvalue weighted by Gasteiger charge is 2.32. The van der Waals surface area contributed by atoms with Crippen LogP contribution in [-0.2, 0) is 10.8 Å². The van der Waals surface area contributed by atoms with Crippen LogP contribution in [0.5, 0.6) is 0 Å². The van der Waals surface area contributed by atoms with Gasteiger partial charge >= 0.3 is 0 Å². The lowest BCUT2D eigenvalue weighted by Crippen LogP contribution is -2.44. The van der Waals surface area contributed by atoms with Crippen LogP contribution in [0.3, 0.4) is 0 Å². The second-order valence-electron chi connectivity index (χ2n) is 5.10. The van der Waals surface area contributed by atoms with Gasteiger partial charge in [-0.2, -0.15) is 0 Å². The number of nitrogens with two attached hydrogens (primary N) is 1. The first-order valence-corrected chi connectivity index (χ1v) is 7.57. The molecule has 2 N–H and O–H groups in total. The summed E-state index contributed by atoms with van der Waals surface area (Å²) in [6, 6.07) is 0.174. The molecule has 1 aliphatic rings. The van der Waals surface area contributed by atoms with Crippen LogP contribution in [0.4, 0.5) is 0 Å². The first kappa shape index (κ1) is 13.2. The summed E-state index contributed by atoms with van der Waals surface area (Å²) >= 11 is 0. The van der Waals surface area contributed by atoms with Gasteiger partial charge in [0.2, 0.25) is 0 Å². The van der Waals surface area contributed by atoms with Crippen LogP contribution in [0.15, 0.2) is 0 Å². The molecule has 0 radical (unpaired) electrons. The van der Waals surface area contributed by atoms with Gasteiger partial charge in [0.05, 0.1) is 5.25 Å². The molecule has 0 bridgehead atoms. The van der Waals surface area contributed by atoms with E-state index in [1.807, 2.05) is 0 Å². The van der Waals surface area contributed by atoms with Crippen LogP contribution >= 0.6 is 0 Å². The van der Waals surface area contributed by atoms with Gasteiger partial charge in [0.25, 0.3) is 0 Å². The maximum atomic E-state index is 12.0. The zero-order valence-electron chi connectivity index (χ0n) is 10.2. The van der Waals surface area contributed by atoms with Gasteiger partial charge in [-0.15, -0.1) is 0 Å². The molecular formula is C12H25NOS. The van der Waals surface area contributed by atoms with Crippen molar-refractivity contribution in [1.82, 2.24) is 0 Å². The molecule has 3 heteroatoms. The fraction of sp³-hybridized carbons (Fsp3) is 1.00. The van der Waals surface area contributed by atoms with Crippen LogP contribution in [-0.4, -0.2) is 21.3 Å². The summed E-state index contributed by atoms with van der Waals surface area (Å²) in [4.78, 5) is 0. The molecule has 0 aromatic rings. The summed E-state index contributed by atoms with van der Waals surface area (Å²) in [6.45, 7) is 6.62. The normalized spacial score (nSPS) is 34.3. The molecule has 0 amide bonds. The Morgan fingerprint density at radius 3 is 2.60 bits per heavy atom. The van der Waals surface area contributed by atoms with Gasteiger partial charge in [0.1, 0.15) is 0 Å². The molecule has 4 atom stereocenters. The van der Waals surface area contributed by atoms with Crippen molar-refractivity contribution in [2.24, 2.45) is 17.6 Å². The molecule has 1 saturated carbocycles. The molecular weight excluding hydrogens is 206 g/mol. The number of rotatable bonds is 4. The van der Waals surface area contributed by atoms with E-state index in [9.17, 15) is 4.21 Å². The van der Waals surface area contributed by atoms with Crippen molar-refractivity contribution in [3.8, 4) is 0 Å². The van der Waals surface area contributed by atoms with Gasteiger partial charge in [0, 0.05) is 22.6 Å². The van der Waals surface area contributed by atoms with E-state index in [1.54, 1.807) is 0 Å². The van der Waals surface area contributed by atoms with Crippen LogP contribution in [0.2, 0.25) is 0 Å². The monoisotopic (exact) mass is 231 g/mol. The molecule has 1 rings (SSSR count). The maximum absolute atomic E-state index is 12.0. The highest BCUT2D eigenvalue weighted by molar-refractivity contribution is 7.85. The Morgan fingerprint density at radius 2 is 2.07 bits per heavy atom. The molecule has 0 aromatic heterocycles. The Kier molecular flexibility index (Phi) is 5.27. The quantitative estimate of drug-likeness (QED) is 0.807. The summed E-state index contributed by atoms with van der Waals surface area (Å²) in [5.41, 5.74) is 6.08. The van der Waals surface area contributed by atoms with Crippen molar-refractivity contribution in [2.45, 2.75) is 57.7 Å². The Morgan fingerprint density at radius 1 is 1.40 bits per heavy atom. The van der Waals surface area contributed by atoms with Crippen molar-refractivity contribution in [1.29, 1.82) is 0 Å². The first-order valence-electron chi connectivity index (χ1n) is 6.19. The predicted octanol–water partition coefficient (Wildman–Crippen LogP) is 2.30. The summed E-state index contributed by atoms with van der Waals surface area (Å²) in [5.74, 6) is 2.26. The van der Waals surface area contributed by atoms with Gasteiger partial charge < -0.3 is 5.73 Å². The third-order valence-corrected chi connectivity index (χ3v) is 5.60. The minimum absolute atomic E-state index is 0.174. The molecule has 0 aliphatic heterocycles. The summed E-state index contributed by atoms with van der Waals surface area (Å²) in [7, 11) is -0.699. The van der Waals surface area contributed by atoms with E-state index in [0.29, 0.717) is 5.92 Å². The minimum atomic E-state index is -0.699. The van der Waals surface area contributed by atoms with E-state index in [2.05, 4.69) is 20.8 Å². The Hall–Kier alpha value is 0.110. The molecule has 1 fully saturated rings. The molecule has 0 heterocycles. The van der Waals surface area contributed by atoms with Gasteiger partial charge in [-0.25, -0.2) is 0 Å². The van der Waals surface area contributed by atoms with Crippen molar-refractivity contribution in [3.63, 3.8) is 0 Å². The Bertz CT molecular complexity index is 218. The summed E-state index contributed by atoms with van der Waals surface area (Å²) in [6.07, 6.45) is 4.36. The highest BCUT2D eigenvalue weighted by atomic mass is 32.2. The van der Waals surface area contributed by atoms with Crippen LogP contribution < -0.4 is 5.73 Å². The largest absolute Gasteiger partial charge is 0.327 e. The lowest BCUT2D eigenvalue weighted by molar-refractivity contribution is 0.264. The lowest BCUT2D eigenvalue weighted by atomic mass is 9.79. The molecule has 15 heavy (non-hydrogen) atoms. The fourth-order valence-electron chi connectivity index (χ4n) is 2.44. The maximum Gasteiger partial charge on any atom is 0.0501 e. The second kappa shape index (κ2) is 6.00. The van der Waals surface area contributed by atoms with Crippen molar-refractivity contribution >= 4 is 10.8 Å². The van der Waals surface area contributed by atoms with E-state index in [-0.39, 0.29) is 11.3 Å². The average Bonchev–Trinajstić information content (AvgIpc) is 2.18. The standard InChI is InChI=1S/C12H25NOS/c1-4-7-15(14)12-8-10(9(2)3)5-6-11(12)13/h9-12H,4-8,13H2,1-3H3. The molecule has 0 aromatic carbocycles.